The smallest absolute Gasteiger partial charge is 0.322 e. The van der Waals surface area contributed by atoms with E-state index in [0.29, 0.717) is 17.9 Å². The molecule has 1 aromatic rings. The van der Waals surface area contributed by atoms with Gasteiger partial charge in [-0.3, -0.25) is 4.79 Å². The molecule has 0 heterocycles. The van der Waals surface area contributed by atoms with E-state index >= 15 is 0 Å². The largest absolute Gasteiger partial charge is 0.497 e. The van der Waals surface area contributed by atoms with E-state index in [2.05, 4.69) is 4.72 Å². The lowest BCUT2D eigenvalue weighted by Crippen LogP contribution is -2.44. The normalized spacial score (nSPS) is 14.2. The molecule has 0 aliphatic carbocycles. The molecule has 0 fully saturated rings. The number of rotatable bonds is 8. The molecule has 0 saturated carbocycles. The number of sulfonamides is 1. The Kier molecular flexibility index (Phi) is 6.19. The molecule has 0 saturated heterocycles. The van der Waals surface area contributed by atoms with Gasteiger partial charge in [-0.1, -0.05) is 20.3 Å². The summed E-state index contributed by atoms with van der Waals surface area (Å²) in [6.07, 6.45) is 0.529. The van der Waals surface area contributed by atoms with Crippen molar-refractivity contribution in [3.8, 4) is 11.5 Å². The molecule has 0 radical (unpaired) electrons. The highest BCUT2D eigenvalue weighted by Gasteiger charge is 2.29. The topological polar surface area (TPSA) is 102 Å². The Hall–Kier alpha value is -1.80. The Labute approximate surface area is 130 Å². The molecule has 22 heavy (non-hydrogen) atoms. The quantitative estimate of drug-likeness (QED) is 0.748. The number of hydrogen-bond acceptors (Lipinski definition) is 5. The number of aliphatic carboxylic acids is 1. The van der Waals surface area contributed by atoms with Gasteiger partial charge in [0, 0.05) is 18.2 Å². The highest BCUT2D eigenvalue weighted by atomic mass is 32.2. The van der Waals surface area contributed by atoms with Crippen LogP contribution in [-0.4, -0.2) is 39.8 Å². The molecule has 0 aliphatic heterocycles. The Bertz CT molecular complexity index is 606. The first kappa shape index (κ1) is 18.2. The number of carboxylic acid groups (broad SMARTS) is 1. The summed E-state index contributed by atoms with van der Waals surface area (Å²) >= 11 is 0. The molecule has 1 rings (SSSR count). The van der Waals surface area contributed by atoms with Crippen molar-refractivity contribution in [1.82, 2.24) is 4.72 Å². The van der Waals surface area contributed by atoms with Crippen LogP contribution in [0.4, 0.5) is 0 Å². The average molecular weight is 331 g/mol. The lowest BCUT2D eigenvalue weighted by Gasteiger charge is -2.20. The molecule has 2 atom stereocenters. The van der Waals surface area contributed by atoms with Crippen LogP contribution in [0.15, 0.2) is 23.1 Å². The summed E-state index contributed by atoms with van der Waals surface area (Å²) in [6, 6.07) is 2.94. The Morgan fingerprint density at radius 3 is 2.09 bits per heavy atom. The first-order valence-corrected chi connectivity index (χ1v) is 8.21. The van der Waals surface area contributed by atoms with Crippen molar-refractivity contribution in [2.45, 2.75) is 31.2 Å². The zero-order valence-corrected chi connectivity index (χ0v) is 13.8. The fourth-order valence-corrected chi connectivity index (χ4v) is 3.16. The van der Waals surface area contributed by atoms with Gasteiger partial charge in [0.15, 0.2) is 0 Å². The van der Waals surface area contributed by atoms with Gasteiger partial charge in [-0.15, -0.1) is 0 Å². The number of nitrogens with one attached hydrogen (secondary N) is 1. The molecule has 7 nitrogen and oxygen atoms in total. The number of methoxy groups -OCH3 is 2. The summed E-state index contributed by atoms with van der Waals surface area (Å²) in [7, 11) is -1.21. The average Bonchev–Trinajstić information content (AvgIpc) is 2.50. The second kappa shape index (κ2) is 7.46. The number of carbonyl (C=O) groups is 1. The van der Waals surface area contributed by atoms with Crippen LogP contribution in [0.3, 0.4) is 0 Å². The van der Waals surface area contributed by atoms with Gasteiger partial charge in [0.2, 0.25) is 10.0 Å². The van der Waals surface area contributed by atoms with Crippen LogP contribution in [0.5, 0.6) is 11.5 Å². The predicted molar refractivity (Wildman–Crippen MR) is 80.7 cm³/mol. The van der Waals surface area contributed by atoms with Gasteiger partial charge in [0.05, 0.1) is 19.1 Å². The van der Waals surface area contributed by atoms with E-state index in [1.165, 1.54) is 32.4 Å². The van der Waals surface area contributed by atoms with Crippen LogP contribution in [0, 0.1) is 5.92 Å². The van der Waals surface area contributed by atoms with E-state index in [0.717, 1.165) is 0 Å². The van der Waals surface area contributed by atoms with Crippen LogP contribution in [0.1, 0.15) is 20.3 Å². The third-order valence-corrected chi connectivity index (χ3v) is 4.82. The first-order chi connectivity index (χ1) is 10.2. The van der Waals surface area contributed by atoms with Gasteiger partial charge in [-0.05, 0) is 5.92 Å². The second-order valence-electron chi connectivity index (χ2n) is 4.87. The third kappa shape index (κ3) is 4.35. The van der Waals surface area contributed by atoms with Crippen molar-refractivity contribution < 1.29 is 27.8 Å². The molecular formula is C14H21NO6S. The number of carboxylic acids is 1. The molecule has 8 heteroatoms. The molecule has 0 spiro atoms. The Morgan fingerprint density at radius 2 is 1.73 bits per heavy atom. The van der Waals surface area contributed by atoms with Gasteiger partial charge in [0.25, 0.3) is 0 Å². The molecule has 2 N–H and O–H groups in total. The van der Waals surface area contributed by atoms with Crippen LogP contribution < -0.4 is 14.2 Å². The molecular weight excluding hydrogens is 310 g/mol. The van der Waals surface area contributed by atoms with Crippen LogP contribution in [-0.2, 0) is 14.8 Å². The summed E-state index contributed by atoms with van der Waals surface area (Å²) in [5, 5.41) is 9.21. The molecule has 1 aromatic carbocycles. The van der Waals surface area contributed by atoms with E-state index in [1.54, 1.807) is 13.8 Å². The van der Waals surface area contributed by atoms with Gasteiger partial charge < -0.3 is 14.6 Å². The van der Waals surface area contributed by atoms with E-state index in [4.69, 9.17) is 9.47 Å². The number of ether oxygens (including phenoxy) is 2. The van der Waals surface area contributed by atoms with Crippen molar-refractivity contribution in [3.05, 3.63) is 18.2 Å². The van der Waals surface area contributed by atoms with Crippen LogP contribution >= 0.6 is 0 Å². The highest BCUT2D eigenvalue weighted by Crippen LogP contribution is 2.26. The van der Waals surface area contributed by atoms with Crippen molar-refractivity contribution in [1.29, 1.82) is 0 Å². The van der Waals surface area contributed by atoms with Gasteiger partial charge in [0.1, 0.15) is 17.5 Å². The zero-order chi connectivity index (χ0) is 16.9. The summed E-state index contributed by atoms with van der Waals surface area (Å²) < 4.78 is 37.1. The van der Waals surface area contributed by atoms with Crippen molar-refractivity contribution in [2.75, 3.05) is 14.2 Å². The third-order valence-electron chi connectivity index (χ3n) is 3.40. The van der Waals surface area contributed by atoms with E-state index in [1.807, 2.05) is 0 Å². The molecule has 0 unspecified atom stereocenters. The fraction of sp³-hybridized carbons (Fsp3) is 0.500. The molecule has 0 aliphatic rings. The van der Waals surface area contributed by atoms with Crippen molar-refractivity contribution >= 4 is 16.0 Å². The Morgan fingerprint density at radius 1 is 1.23 bits per heavy atom. The minimum absolute atomic E-state index is 0.113. The molecule has 0 amide bonds. The van der Waals surface area contributed by atoms with Gasteiger partial charge in [-0.2, -0.15) is 4.72 Å². The maximum atomic E-state index is 12.4. The van der Waals surface area contributed by atoms with Crippen molar-refractivity contribution in [2.24, 2.45) is 5.92 Å². The SMILES string of the molecule is CC[C@H](C)[C@H](NS(=O)(=O)c1cc(OC)cc(OC)c1)C(=O)O. The maximum Gasteiger partial charge on any atom is 0.322 e. The Balaban J connectivity index is 3.20. The lowest BCUT2D eigenvalue weighted by molar-refractivity contribution is -0.140. The minimum Gasteiger partial charge on any atom is -0.497 e. The second-order valence-corrected chi connectivity index (χ2v) is 6.59. The first-order valence-electron chi connectivity index (χ1n) is 6.73. The summed E-state index contributed by atoms with van der Waals surface area (Å²) in [5.74, 6) is -0.960. The van der Waals surface area contributed by atoms with Gasteiger partial charge in [-0.25, -0.2) is 8.42 Å². The summed E-state index contributed by atoms with van der Waals surface area (Å²) in [4.78, 5) is 11.2. The van der Waals surface area contributed by atoms with Crippen LogP contribution in [0.25, 0.3) is 0 Å². The van der Waals surface area contributed by atoms with E-state index < -0.39 is 22.0 Å². The lowest BCUT2D eigenvalue weighted by atomic mass is 10.0. The van der Waals surface area contributed by atoms with Crippen LogP contribution in [0.2, 0.25) is 0 Å². The fourth-order valence-electron chi connectivity index (χ4n) is 1.82. The summed E-state index contributed by atoms with van der Waals surface area (Å²) in [5.41, 5.74) is 0. The molecule has 0 bridgehead atoms. The minimum atomic E-state index is -4.02. The standard InChI is InChI=1S/C14H21NO6S/c1-5-9(2)13(14(16)17)15-22(18,19)12-7-10(20-3)6-11(8-12)21-4/h6-9,13,15H,5H2,1-4H3,(H,16,17)/t9-,13-/m0/s1. The molecule has 124 valence electrons. The maximum absolute atomic E-state index is 12.4. The van der Waals surface area contributed by atoms with Crippen molar-refractivity contribution in [3.63, 3.8) is 0 Å². The van der Waals surface area contributed by atoms with E-state index in [9.17, 15) is 18.3 Å². The highest BCUT2D eigenvalue weighted by molar-refractivity contribution is 7.89. The summed E-state index contributed by atoms with van der Waals surface area (Å²) in [6.45, 7) is 3.47. The van der Waals surface area contributed by atoms with E-state index in [-0.39, 0.29) is 10.8 Å². The number of benzene rings is 1. The molecule has 0 aromatic heterocycles. The predicted octanol–water partition coefficient (Wildman–Crippen LogP) is 1.48. The van der Waals surface area contributed by atoms with Gasteiger partial charge >= 0.3 is 5.97 Å². The number of hydrogen-bond donors (Lipinski definition) is 2. The zero-order valence-electron chi connectivity index (χ0n) is 13.0. The monoisotopic (exact) mass is 331 g/mol.